The summed E-state index contributed by atoms with van der Waals surface area (Å²) < 4.78 is 0.690. The zero-order valence-electron chi connectivity index (χ0n) is 8.93. The van der Waals surface area contributed by atoms with E-state index in [0.717, 1.165) is 12.8 Å². The summed E-state index contributed by atoms with van der Waals surface area (Å²) in [4.78, 5) is 16.0. The Morgan fingerprint density at radius 3 is 2.56 bits per heavy atom. The number of unbranched alkanes of at least 4 members (excludes halogenated alkanes) is 2. The lowest BCUT2D eigenvalue weighted by atomic mass is 10.2. The van der Waals surface area contributed by atoms with Gasteiger partial charge in [-0.25, -0.2) is 4.79 Å². The van der Waals surface area contributed by atoms with Crippen LogP contribution < -0.4 is 4.84 Å². The Kier molecular flexibility index (Phi) is 4.44. The summed E-state index contributed by atoms with van der Waals surface area (Å²) >= 11 is 0. The van der Waals surface area contributed by atoms with Crippen LogP contribution in [0.2, 0.25) is 0 Å². The third-order valence-corrected chi connectivity index (χ3v) is 2.03. The fourth-order valence-electron chi connectivity index (χ4n) is 1.20. The quantitative estimate of drug-likeness (QED) is 0.569. The van der Waals surface area contributed by atoms with Crippen molar-refractivity contribution in [2.75, 3.05) is 0 Å². The van der Waals surface area contributed by atoms with E-state index in [-0.39, 0.29) is 18.2 Å². The second-order valence-electron chi connectivity index (χ2n) is 3.34. The lowest BCUT2D eigenvalue weighted by Gasteiger charge is -2.06. The number of rotatable bonds is 6. The van der Waals surface area contributed by atoms with Gasteiger partial charge in [0, 0.05) is 18.6 Å². The standard InChI is InChI=1S/C11H15NO4/c1-2-3-4-5-6-11(15)16-12-9(13)7-8-10(12)14/h2,7-8,13-14H,1,3-6H2. The van der Waals surface area contributed by atoms with Gasteiger partial charge < -0.3 is 15.1 Å². The van der Waals surface area contributed by atoms with Crippen molar-refractivity contribution in [2.45, 2.75) is 25.7 Å². The molecule has 0 radical (unpaired) electrons. The maximum atomic E-state index is 11.3. The van der Waals surface area contributed by atoms with Gasteiger partial charge in [0.1, 0.15) is 0 Å². The van der Waals surface area contributed by atoms with Crippen LogP contribution in [0.15, 0.2) is 24.8 Å². The van der Waals surface area contributed by atoms with E-state index in [4.69, 9.17) is 4.84 Å². The van der Waals surface area contributed by atoms with Crippen LogP contribution in [0, 0.1) is 0 Å². The lowest BCUT2D eigenvalue weighted by molar-refractivity contribution is -0.145. The zero-order chi connectivity index (χ0) is 12.0. The molecule has 1 aromatic rings. The second kappa shape index (κ2) is 5.85. The lowest BCUT2D eigenvalue weighted by Crippen LogP contribution is -2.18. The van der Waals surface area contributed by atoms with E-state index < -0.39 is 5.97 Å². The molecular formula is C11H15NO4. The maximum absolute atomic E-state index is 11.3. The molecule has 0 aliphatic carbocycles. The molecule has 5 nitrogen and oxygen atoms in total. The van der Waals surface area contributed by atoms with E-state index in [9.17, 15) is 15.0 Å². The van der Waals surface area contributed by atoms with E-state index in [2.05, 4.69) is 6.58 Å². The van der Waals surface area contributed by atoms with Crippen molar-refractivity contribution in [1.82, 2.24) is 4.73 Å². The Bertz CT molecular complexity index is 351. The molecule has 0 saturated carbocycles. The van der Waals surface area contributed by atoms with Crippen LogP contribution in [0.3, 0.4) is 0 Å². The number of aromatic hydroxyl groups is 2. The van der Waals surface area contributed by atoms with Crippen LogP contribution in [0.25, 0.3) is 0 Å². The van der Waals surface area contributed by atoms with Gasteiger partial charge in [0.2, 0.25) is 11.8 Å². The number of nitrogens with zero attached hydrogens (tertiary/aromatic N) is 1. The molecule has 16 heavy (non-hydrogen) atoms. The molecule has 5 heteroatoms. The molecule has 1 aromatic heterocycles. The van der Waals surface area contributed by atoms with Crippen LogP contribution in [-0.2, 0) is 4.79 Å². The van der Waals surface area contributed by atoms with Crippen molar-refractivity contribution in [1.29, 1.82) is 0 Å². The van der Waals surface area contributed by atoms with Crippen LogP contribution in [-0.4, -0.2) is 20.9 Å². The summed E-state index contributed by atoms with van der Waals surface area (Å²) in [5.74, 6) is -1.11. The highest BCUT2D eigenvalue weighted by molar-refractivity contribution is 5.69. The van der Waals surface area contributed by atoms with Crippen LogP contribution in [0.4, 0.5) is 0 Å². The molecule has 0 saturated heterocycles. The molecule has 0 spiro atoms. The molecule has 0 aliphatic rings. The van der Waals surface area contributed by atoms with Gasteiger partial charge in [-0.1, -0.05) is 6.08 Å². The Labute approximate surface area is 93.5 Å². The van der Waals surface area contributed by atoms with Crippen LogP contribution in [0.1, 0.15) is 25.7 Å². The Hall–Kier alpha value is -1.91. The number of carbonyl (C=O) groups excluding carboxylic acids is 1. The first-order valence-corrected chi connectivity index (χ1v) is 5.07. The molecule has 1 heterocycles. The SMILES string of the molecule is C=CCCCCC(=O)On1c(O)ccc1O. The average molecular weight is 225 g/mol. The summed E-state index contributed by atoms with van der Waals surface area (Å²) in [5, 5.41) is 18.4. The van der Waals surface area contributed by atoms with Crippen molar-refractivity contribution in [3.63, 3.8) is 0 Å². The highest BCUT2D eigenvalue weighted by atomic mass is 16.7. The van der Waals surface area contributed by atoms with Gasteiger partial charge in [-0.3, -0.25) is 0 Å². The van der Waals surface area contributed by atoms with E-state index in [1.54, 1.807) is 6.08 Å². The average Bonchev–Trinajstić information content (AvgIpc) is 2.56. The maximum Gasteiger partial charge on any atom is 0.333 e. The summed E-state index contributed by atoms with van der Waals surface area (Å²) in [6.07, 6.45) is 4.43. The van der Waals surface area contributed by atoms with Crippen molar-refractivity contribution >= 4 is 5.97 Å². The predicted molar refractivity (Wildman–Crippen MR) is 58.0 cm³/mol. The molecule has 0 amide bonds. The number of carbonyl (C=O) groups is 1. The fourth-order valence-corrected chi connectivity index (χ4v) is 1.20. The van der Waals surface area contributed by atoms with Gasteiger partial charge >= 0.3 is 5.97 Å². The molecular weight excluding hydrogens is 210 g/mol. The molecule has 88 valence electrons. The summed E-state index contributed by atoms with van der Waals surface area (Å²) in [6, 6.07) is 2.47. The zero-order valence-corrected chi connectivity index (χ0v) is 8.93. The van der Waals surface area contributed by atoms with Gasteiger partial charge in [0.15, 0.2) is 0 Å². The fraction of sp³-hybridized carbons (Fsp3) is 0.364. The Balaban J connectivity index is 2.37. The molecule has 0 aliphatic heterocycles. The first-order valence-electron chi connectivity index (χ1n) is 5.07. The largest absolute Gasteiger partial charge is 0.492 e. The topological polar surface area (TPSA) is 71.7 Å². The Morgan fingerprint density at radius 1 is 1.38 bits per heavy atom. The highest BCUT2D eigenvalue weighted by Gasteiger charge is 2.11. The summed E-state index contributed by atoms with van der Waals surface area (Å²) in [7, 11) is 0. The first-order chi connectivity index (χ1) is 7.65. The third-order valence-electron chi connectivity index (χ3n) is 2.03. The van der Waals surface area contributed by atoms with Crippen LogP contribution in [0.5, 0.6) is 11.8 Å². The molecule has 0 fully saturated rings. The molecule has 0 aromatic carbocycles. The van der Waals surface area contributed by atoms with Gasteiger partial charge in [-0.15, -0.1) is 11.3 Å². The van der Waals surface area contributed by atoms with E-state index >= 15 is 0 Å². The molecule has 0 atom stereocenters. The number of hydrogen-bond donors (Lipinski definition) is 2. The van der Waals surface area contributed by atoms with E-state index in [1.165, 1.54) is 12.1 Å². The van der Waals surface area contributed by atoms with Gasteiger partial charge in [0.25, 0.3) is 0 Å². The predicted octanol–water partition coefficient (Wildman–Crippen LogP) is 1.60. The van der Waals surface area contributed by atoms with E-state index in [1.807, 2.05) is 0 Å². The van der Waals surface area contributed by atoms with Crippen molar-refractivity contribution in [3.8, 4) is 11.8 Å². The molecule has 2 N–H and O–H groups in total. The van der Waals surface area contributed by atoms with Crippen molar-refractivity contribution < 1.29 is 19.8 Å². The number of allylic oxidation sites excluding steroid dienone is 1. The minimum atomic E-state index is -0.495. The molecule has 0 bridgehead atoms. The summed E-state index contributed by atoms with van der Waals surface area (Å²) in [6.45, 7) is 3.57. The minimum absolute atomic E-state index is 0.241. The smallest absolute Gasteiger partial charge is 0.333 e. The second-order valence-corrected chi connectivity index (χ2v) is 3.34. The number of aromatic nitrogens is 1. The van der Waals surface area contributed by atoms with E-state index in [0.29, 0.717) is 11.2 Å². The first kappa shape index (κ1) is 12.2. The van der Waals surface area contributed by atoms with Gasteiger partial charge in [0.05, 0.1) is 0 Å². The van der Waals surface area contributed by atoms with Crippen molar-refractivity contribution in [2.24, 2.45) is 0 Å². The highest BCUT2D eigenvalue weighted by Crippen LogP contribution is 2.18. The van der Waals surface area contributed by atoms with Gasteiger partial charge in [-0.05, 0) is 19.3 Å². The molecule has 1 rings (SSSR count). The third kappa shape index (κ3) is 3.34. The number of hydrogen-bond acceptors (Lipinski definition) is 4. The summed E-state index contributed by atoms with van der Waals surface area (Å²) in [5.41, 5.74) is 0. The van der Waals surface area contributed by atoms with Crippen molar-refractivity contribution in [3.05, 3.63) is 24.8 Å². The molecule has 0 unspecified atom stereocenters. The monoisotopic (exact) mass is 225 g/mol. The van der Waals surface area contributed by atoms with Gasteiger partial charge in [-0.2, -0.15) is 0 Å². The normalized spacial score (nSPS) is 10.0. The minimum Gasteiger partial charge on any atom is -0.492 e. The van der Waals surface area contributed by atoms with Crippen LogP contribution >= 0.6 is 0 Å². The Morgan fingerprint density at radius 2 is 2.00 bits per heavy atom.